The lowest BCUT2D eigenvalue weighted by Gasteiger charge is -2.11. The highest BCUT2D eigenvalue weighted by molar-refractivity contribution is 5.82. The average Bonchev–Trinajstić information content (AvgIpc) is 2.54. The SMILES string of the molecule is Nc1ccc2c3c([nH]c2n1)CCOC3. The van der Waals surface area contributed by atoms with E-state index < -0.39 is 0 Å². The Morgan fingerprint density at radius 3 is 3.29 bits per heavy atom. The number of anilines is 1. The van der Waals surface area contributed by atoms with Crippen LogP contribution in [0.2, 0.25) is 0 Å². The van der Waals surface area contributed by atoms with E-state index in [2.05, 4.69) is 9.97 Å². The van der Waals surface area contributed by atoms with Gasteiger partial charge in [0.25, 0.3) is 0 Å². The van der Waals surface area contributed by atoms with Crippen molar-refractivity contribution in [1.29, 1.82) is 0 Å². The van der Waals surface area contributed by atoms with Crippen LogP contribution in [-0.2, 0) is 17.8 Å². The number of nitrogens with two attached hydrogens (primary N) is 1. The summed E-state index contributed by atoms with van der Waals surface area (Å²) in [7, 11) is 0. The van der Waals surface area contributed by atoms with E-state index in [4.69, 9.17) is 10.5 Å². The minimum absolute atomic E-state index is 0.553. The number of nitrogens with zero attached hydrogens (tertiary/aromatic N) is 1. The first kappa shape index (κ1) is 7.82. The molecule has 0 bridgehead atoms. The van der Waals surface area contributed by atoms with Gasteiger partial charge in [-0.05, 0) is 12.1 Å². The Morgan fingerprint density at radius 1 is 1.43 bits per heavy atom. The topological polar surface area (TPSA) is 63.9 Å². The van der Waals surface area contributed by atoms with Crippen molar-refractivity contribution in [3.8, 4) is 0 Å². The van der Waals surface area contributed by atoms with Crippen molar-refractivity contribution in [2.75, 3.05) is 12.3 Å². The third-order valence-corrected chi connectivity index (χ3v) is 2.62. The molecule has 0 radical (unpaired) electrons. The molecule has 0 saturated carbocycles. The summed E-state index contributed by atoms with van der Waals surface area (Å²) >= 11 is 0. The molecule has 4 nitrogen and oxygen atoms in total. The quantitative estimate of drug-likeness (QED) is 0.654. The first-order valence-corrected chi connectivity index (χ1v) is 4.68. The number of H-pyrrole nitrogens is 1. The fraction of sp³-hybridized carbons (Fsp3) is 0.300. The van der Waals surface area contributed by atoms with Crippen LogP contribution in [0.15, 0.2) is 12.1 Å². The lowest BCUT2D eigenvalue weighted by molar-refractivity contribution is 0.111. The van der Waals surface area contributed by atoms with Crippen LogP contribution < -0.4 is 5.73 Å². The summed E-state index contributed by atoms with van der Waals surface area (Å²) in [4.78, 5) is 7.53. The molecule has 0 atom stereocenters. The number of nitrogen functional groups attached to an aromatic ring is 1. The van der Waals surface area contributed by atoms with Crippen molar-refractivity contribution in [2.24, 2.45) is 0 Å². The standard InChI is InChI=1S/C10H11N3O/c11-9-2-1-6-7-5-14-4-3-8(7)12-10(6)13-9/h1-2H,3-5H2,(H3,11,12,13). The second-order valence-electron chi connectivity index (χ2n) is 3.52. The summed E-state index contributed by atoms with van der Waals surface area (Å²) in [5.74, 6) is 0.553. The molecule has 0 fully saturated rings. The molecule has 0 amide bonds. The van der Waals surface area contributed by atoms with Gasteiger partial charge in [-0.2, -0.15) is 0 Å². The Morgan fingerprint density at radius 2 is 2.36 bits per heavy atom. The van der Waals surface area contributed by atoms with Crippen molar-refractivity contribution < 1.29 is 4.74 Å². The molecule has 3 heterocycles. The van der Waals surface area contributed by atoms with E-state index in [1.54, 1.807) is 0 Å². The molecule has 0 aliphatic carbocycles. The lowest BCUT2D eigenvalue weighted by Crippen LogP contribution is -2.08. The number of aromatic nitrogens is 2. The van der Waals surface area contributed by atoms with Gasteiger partial charge >= 0.3 is 0 Å². The van der Waals surface area contributed by atoms with Gasteiger partial charge < -0.3 is 15.5 Å². The summed E-state index contributed by atoms with van der Waals surface area (Å²) in [5.41, 5.74) is 8.97. The third kappa shape index (κ3) is 1.01. The van der Waals surface area contributed by atoms with Gasteiger partial charge in [0.1, 0.15) is 11.5 Å². The van der Waals surface area contributed by atoms with Crippen LogP contribution in [0, 0.1) is 0 Å². The Kier molecular flexibility index (Phi) is 1.52. The molecule has 0 unspecified atom stereocenters. The second-order valence-corrected chi connectivity index (χ2v) is 3.52. The minimum Gasteiger partial charge on any atom is -0.384 e. The van der Waals surface area contributed by atoms with E-state index in [1.807, 2.05) is 12.1 Å². The molecule has 1 aliphatic heterocycles. The molecule has 1 aliphatic rings. The second kappa shape index (κ2) is 2.72. The fourth-order valence-electron chi connectivity index (χ4n) is 1.92. The van der Waals surface area contributed by atoms with Gasteiger partial charge in [-0.25, -0.2) is 4.98 Å². The van der Waals surface area contributed by atoms with Gasteiger partial charge in [0.15, 0.2) is 0 Å². The molecule has 0 aromatic carbocycles. The Labute approximate surface area is 81.1 Å². The monoisotopic (exact) mass is 189 g/mol. The van der Waals surface area contributed by atoms with E-state index >= 15 is 0 Å². The van der Waals surface area contributed by atoms with Gasteiger partial charge in [0.2, 0.25) is 0 Å². The predicted molar refractivity (Wildman–Crippen MR) is 53.9 cm³/mol. The molecule has 2 aromatic rings. The molecule has 3 rings (SSSR count). The molecule has 0 saturated heterocycles. The van der Waals surface area contributed by atoms with Crippen LogP contribution >= 0.6 is 0 Å². The fourth-order valence-corrected chi connectivity index (χ4v) is 1.92. The Bertz CT molecular complexity index is 489. The zero-order chi connectivity index (χ0) is 9.54. The highest BCUT2D eigenvalue weighted by Crippen LogP contribution is 2.25. The van der Waals surface area contributed by atoms with Gasteiger partial charge in [-0.3, -0.25) is 0 Å². The number of pyridine rings is 1. The molecule has 2 aromatic heterocycles. The molecule has 72 valence electrons. The zero-order valence-electron chi connectivity index (χ0n) is 7.71. The van der Waals surface area contributed by atoms with Gasteiger partial charge in [0, 0.05) is 23.1 Å². The number of hydrogen-bond donors (Lipinski definition) is 2. The lowest BCUT2D eigenvalue weighted by atomic mass is 10.1. The smallest absolute Gasteiger partial charge is 0.140 e. The zero-order valence-corrected chi connectivity index (χ0v) is 7.71. The van der Waals surface area contributed by atoms with Crippen molar-refractivity contribution in [1.82, 2.24) is 9.97 Å². The van der Waals surface area contributed by atoms with E-state index in [0.717, 1.165) is 24.1 Å². The van der Waals surface area contributed by atoms with Crippen LogP contribution in [-0.4, -0.2) is 16.6 Å². The van der Waals surface area contributed by atoms with E-state index in [-0.39, 0.29) is 0 Å². The molecular weight excluding hydrogens is 178 g/mol. The minimum atomic E-state index is 0.553. The predicted octanol–water partition coefficient (Wildman–Crippen LogP) is 1.22. The van der Waals surface area contributed by atoms with Crippen LogP contribution in [0.3, 0.4) is 0 Å². The third-order valence-electron chi connectivity index (χ3n) is 2.62. The molecule has 14 heavy (non-hydrogen) atoms. The highest BCUT2D eigenvalue weighted by atomic mass is 16.5. The van der Waals surface area contributed by atoms with E-state index in [0.29, 0.717) is 12.4 Å². The normalized spacial score (nSPS) is 15.7. The van der Waals surface area contributed by atoms with Crippen molar-refractivity contribution in [3.05, 3.63) is 23.4 Å². The molecular formula is C10H11N3O. The molecule has 0 spiro atoms. The summed E-state index contributed by atoms with van der Waals surface area (Å²) in [6.45, 7) is 1.47. The summed E-state index contributed by atoms with van der Waals surface area (Å²) in [5, 5.41) is 1.13. The molecule has 3 N–H and O–H groups in total. The Hall–Kier alpha value is -1.55. The van der Waals surface area contributed by atoms with Crippen LogP contribution in [0.5, 0.6) is 0 Å². The summed E-state index contributed by atoms with van der Waals surface area (Å²) in [6.07, 6.45) is 0.936. The van der Waals surface area contributed by atoms with Crippen molar-refractivity contribution in [3.63, 3.8) is 0 Å². The van der Waals surface area contributed by atoms with Gasteiger partial charge in [-0.15, -0.1) is 0 Å². The number of fused-ring (bicyclic) bond motifs is 3. The van der Waals surface area contributed by atoms with E-state index in [9.17, 15) is 0 Å². The van der Waals surface area contributed by atoms with Gasteiger partial charge in [-0.1, -0.05) is 0 Å². The number of rotatable bonds is 0. The maximum Gasteiger partial charge on any atom is 0.140 e. The van der Waals surface area contributed by atoms with Crippen LogP contribution in [0.1, 0.15) is 11.3 Å². The van der Waals surface area contributed by atoms with E-state index in [1.165, 1.54) is 11.3 Å². The number of ether oxygens (including phenoxy) is 1. The highest BCUT2D eigenvalue weighted by Gasteiger charge is 2.15. The number of nitrogens with one attached hydrogen (secondary N) is 1. The van der Waals surface area contributed by atoms with Crippen molar-refractivity contribution in [2.45, 2.75) is 13.0 Å². The van der Waals surface area contributed by atoms with Gasteiger partial charge in [0.05, 0.1) is 13.2 Å². The molecule has 4 heteroatoms. The van der Waals surface area contributed by atoms with Crippen LogP contribution in [0.25, 0.3) is 11.0 Å². The first-order valence-electron chi connectivity index (χ1n) is 4.68. The maximum atomic E-state index is 5.62. The number of hydrogen-bond acceptors (Lipinski definition) is 3. The summed E-state index contributed by atoms with van der Waals surface area (Å²) < 4.78 is 5.41. The first-order chi connectivity index (χ1) is 6.84. The van der Waals surface area contributed by atoms with Crippen molar-refractivity contribution >= 4 is 16.9 Å². The maximum absolute atomic E-state index is 5.62. The Balaban J connectivity index is 2.31. The largest absolute Gasteiger partial charge is 0.384 e. The summed E-state index contributed by atoms with van der Waals surface area (Å²) in [6, 6.07) is 3.83. The average molecular weight is 189 g/mol. The van der Waals surface area contributed by atoms with Crippen LogP contribution in [0.4, 0.5) is 5.82 Å². The number of aromatic amines is 1.